The molecule has 2 atom stereocenters. The van der Waals surface area contributed by atoms with Crippen molar-refractivity contribution in [2.75, 3.05) is 6.61 Å². The van der Waals surface area contributed by atoms with Gasteiger partial charge in [-0.2, -0.15) is 0 Å². The van der Waals surface area contributed by atoms with E-state index in [0.717, 1.165) is 23.3 Å². The van der Waals surface area contributed by atoms with E-state index in [1.807, 2.05) is 24.3 Å². The molecule has 3 rings (SSSR count). The average molecular weight is 314 g/mol. The lowest BCUT2D eigenvalue weighted by atomic mass is 9.88. The van der Waals surface area contributed by atoms with E-state index in [0.29, 0.717) is 6.61 Å². The van der Waals surface area contributed by atoms with Crippen LogP contribution in [0.25, 0.3) is 0 Å². The molecule has 2 unspecified atom stereocenters. The second kappa shape index (κ2) is 6.82. The van der Waals surface area contributed by atoms with Gasteiger partial charge >= 0.3 is 5.97 Å². The van der Waals surface area contributed by atoms with E-state index < -0.39 is 0 Å². The van der Waals surface area contributed by atoms with Gasteiger partial charge in [0.2, 0.25) is 0 Å². The Kier molecular flexibility index (Phi) is 4.60. The molecular weight excluding hydrogens is 295 g/mol. The number of para-hydroxylation sites is 1. The molecule has 0 radical (unpaired) electrons. The highest BCUT2D eigenvalue weighted by Gasteiger charge is 2.33. The van der Waals surface area contributed by atoms with Crippen molar-refractivity contribution >= 4 is 5.97 Å². The van der Waals surface area contributed by atoms with Crippen molar-refractivity contribution in [3.8, 4) is 5.75 Å². The van der Waals surface area contributed by atoms with Gasteiger partial charge in [-0.25, -0.2) is 4.39 Å². The number of benzene rings is 2. The highest BCUT2D eigenvalue weighted by atomic mass is 19.1. The molecule has 0 amide bonds. The molecule has 3 nitrogen and oxygen atoms in total. The van der Waals surface area contributed by atoms with Gasteiger partial charge in [0.05, 0.1) is 13.0 Å². The Morgan fingerprint density at radius 3 is 2.70 bits per heavy atom. The topological polar surface area (TPSA) is 35.5 Å². The lowest BCUT2D eigenvalue weighted by Gasteiger charge is -2.23. The maximum Gasteiger partial charge on any atom is 0.306 e. The van der Waals surface area contributed by atoms with Crippen molar-refractivity contribution < 1.29 is 18.7 Å². The molecule has 0 aliphatic carbocycles. The van der Waals surface area contributed by atoms with Crippen molar-refractivity contribution in [3.05, 3.63) is 65.5 Å². The second-order valence-corrected chi connectivity index (χ2v) is 5.64. The highest BCUT2D eigenvalue weighted by molar-refractivity contribution is 5.70. The first-order valence-corrected chi connectivity index (χ1v) is 7.83. The van der Waals surface area contributed by atoms with Gasteiger partial charge < -0.3 is 9.47 Å². The average Bonchev–Trinajstić information content (AvgIpc) is 2.97. The van der Waals surface area contributed by atoms with Crippen molar-refractivity contribution in [3.63, 3.8) is 0 Å². The summed E-state index contributed by atoms with van der Waals surface area (Å²) in [6.45, 7) is 2.13. The van der Waals surface area contributed by atoms with Crippen LogP contribution in [0.1, 0.15) is 30.4 Å². The standard InChI is InChI=1S/C19H19FO3/c1-2-22-19(21)12-16(13-7-9-15(20)10-8-13)18-11-14-5-3-4-6-17(14)23-18/h3-10,16,18H,2,11-12H2,1H3. The number of halogens is 1. The van der Waals surface area contributed by atoms with E-state index in [9.17, 15) is 9.18 Å². The van der Waals surface area contributed by atoms with Crippen LogP contribution in [0.5, 0.6) is 5.75 Å². The van der Waals surface area contributed by atoms with Crippen molar-refractivity contribution in [1.82, 2.24) is 0 Å². The van der Waals surface area contributed by atoms with Crippen LogP contribution in [-0.2, 0) is 16.0 Å². The molecule has 120 valence electrons. The van der Waals surface area contributed by atoms with Gasteiger partial charge in [-0.3, -0.25) is 4.79 Å². The summed E-state index contributed by atoms with van der Waals surface area (Å²) in [6.07, 6.45) is 0.803. The minimum Gasteiger partial charge on any atom is -0.489 e. The van der Waals surface area contributed by atoms with Gasteiger partial charge in [0.1, 0.15) is 17.7 Å². The van der Waals surface area contributed by atoms with Gasteiger partial charge in [-0.1, -0.05) is 30.3 Å². The highest BCUT2D eigenvalue weighted by Crippen LogP contribution is 2.37. The third-order valence-corrected chi connectivity index (χ3v) is 4.11. The maximum absolute atomic E-state index is 13.2. The zero-order chi connectivity index (χ0) is 16.2. The van der Waals surface area contributed by atoms with Crippen LogP contribution < -0.4 is 4.74 Å². The monoisotopic (exact) mass is 314 g/mol. The van der Waals surface area contributed by atoms with Crippen molar-refractivity contribution in [2.45, 2.75) is 31.8 Å². The van der Waals surface area contributed by atoms with E-state index in [1.165, 1.54) is 12.1 Å². The molecule has 0 spiro atoms. The molecule has 0 bridgehead atoms. The van der Waals surface area contributed by atoms with Crippen LogP contribution in [0.15, 0.2) is 48.5 Å². The molecule has 23 heavy (non-hydrogen) atoms. The van der Waals surface area contributed by atoms with Gasteiger partial charge in [0.25, 0.3) is 0 Å². The van der Waals surface area contributed by atoms with Crippen LogP contribution in [0.3, 0.4) is 0 Å². The maximum atomic E-state index is 13.2. The number of rotatable bonds is 5. The number of carbonyl (C=O) groups is 1. The van der Waals surface area contributed by atoms with Crippen LogP contribution in [0, 0.1) is 5.82 Å². The zero-order valence-electron chi connectivity index (χ0n) is 13.0. The molecule has 0 saturated heterocycles. The summed E-state index contributed by atoms with van der Waals surface area (Å²) in [5.74, 6) is 0.135. The molecule has 1 heterocycles. The molecule has 2 aromatic rings. The van der Waals surface area contributed by atoms with Gasteiger partial charge in [0, 0.05) is 12.3 Å². The fourth-order valence-corrected chi connectivity index (χ4v) is 3.01. The first-order valence-electron chi connectivity index (χ1n) is 7.83. The normalized spacial score (nSPS) is 17.2. The minimum absolute atomic E-state index is 0.151. The summed E-state index contributed by atoms with van der Waals surface area (Å²) >= 11 is 0. The molecule has 4 heteroatoms. The Morgan fingerprint density at radius 2 is 2.00 bits per heavy atom. The van der Waals surface area contributed by atoms with Gasteiger partial charge in [-0.15, -0.1) is 0 Å². The summed E-state index contributed by atoms with van der Waals surface area (Å²) in [4.78, 5) is 12.0. The Hall–Kier alpha value is -2.36. The lowest BCUT2D eigenvalue weighted by molar-refractivity contribution is -0.144. The number of hydrogen-bond acceptors (Lipinski definition) is 3. The smallest absolute Gasteiger partial charge is 0.306 e. The van der Waals surface area contributed by atoms with Gasteiger partial charge in [-0.05, 0) is 36.2 Å². The predicted octanol–water partition coefficient (Wildman–Crippen LogP) is 3.87. The molecule has 0 aromatic heterocycles. The van der Waals surface area contributed by atoms with Crippen LogP contribution in [0.4, 0.5) is 4.39 Å². The van der Waals surface area contributed by atoms with Crippen LogP contribution in [-0.4, -0.2) is 18.7 Å². The molecule has 2 aromatic carbocycles. The molecule has 1 aliphatic heterocycles. The number of carbonyl (C=O) groups excluding carboxylic acids is 1. The van der Waals surface area contributed by atoms with E-state index in [4.69, 9.17) is 9.47 Å². The quantitative estimate of drug-likeness (QED) is 0.786. The van der Waals surface area contributed by atoms with Crippen molar-refractivity contribution in [1.29, 1.82) is 0 Å². The molecule has 1 aliphatic rings. The summed E-state index contributed by atoms with van der Waals surface area (Å²) in [5, 5.41) is 0. The third kappa shape index (κ3) is 3.52. The van der Waals surface area contributed by atoms with Gasteiger partial charge in [0.15, 0.2) is 0 Å². The Bertz CT molecular complexity index is 656. The largest absolute Gasteiger partial charge is 0.489 e. The Morgan fingerprint density at radius 1 is 1.26 bits per heavy atom. The Labute approximate surface area is 135 Å². The number of ether oxygens (including phenoxy) is 2. The van der Waals surface area contributed by atoms with Crippen molar-refractivity contribution in [2.24, 2.45) is 0 Å². The Balaban J connectivity index is 1.84. The van der Waals surface area contributed by atoms with E-state index in [-0.39, 0.29) is 30.2 Å². The van der Waals surface area contributed by atoms with Crippen LogP contribution in [0.2, 0.25) is 0 Å². The molecular formula is C19H19FO3. The van der Waals surface area contributed by atoms with Crippen LogP contribution >= 0.6 is 0 Å². The summed E-state index contributed by atoms with van der Waals surface area (Å²) in [5.41, 5.74) is 2.02. The zero-order valence-corrected chi connectivity index (χ0v) is 13.0. The summed E-state index contributed by atoms with van der Waals surface area (Å²) in [6, 6.07) is 14.1. The molecule has 0 fully saturated rings. The molecule has 0 saturated carbocycles. The van der Waals surface area contributed by atoms with E-state index in [2.05, 4.69) is 0 Å². The summed E-state index contributed by atoms with van der Waals surface area (Å²) < 4.78 is 24.3. The SMILES string of the molecule is CCOC(=O)CC(c1ccc(F)cc1)C1Cc2ccccc2O1. The number of fused-ring (bicyclic) bond motifs is 1. The fourth-order valence-electron chi connectivity index (χ4n) is 3.01. The second-order valence-electron chi connectivity index (χ2n) is 5.64. The van der Waals surface area contributed by atoms with E-state index >= 15 is 0 Å². The fraction of sp³-hybridized carbons (Fsp3) is 0.316. The lowest BCUT2D eigenvalue weighted by Crippen LogP contribution is -2.26. The first-order chi connectivity index (χ1) is 11.2. The van der Waals surface area contributed by atoms with E-state index in [1.54, 1.807) is 19.1 Å². The summed E-state index contributed by atoms with van der Waals surface area (Å²) in [7, 11) is 0. The third-order valence-electron chi connectivity index (χ3n) is 4.11. The molecule has 0 N–H and O–H groups in total. The number of hydrogen-bond donors (Lipinski definition) is 0. The predicted molar refractivity (Wildman–Crippen MR) is 85.0 cm³/mol. The first kappa shape index (κ1) is 15.5. The minimum atomic E-state index is -0.292. The number of esters is 1.